The molecule has 1 aromatic heterocycles. The molecule has 0 aromatic carbocycles. The van der Waals surface area contributed by atoms with Crippen molar-refractivity contribution in [2.75, 3.05) is 0 Å². The third-order valence-corrected chi connectivity index (χ3v) is 2.53. The SMILES string of the molecule is CC[C@H](C)NC(=O)C/C(C)=N\NC(=O)c1ccco1. The molecular formula is C13H19N3O3. The Hall–Kier alpha value is -2.11. The molecule has 1 rings (SSSR count). The highest BCUT2D eigenvalue weighted by molar-refractivity contribution is 6.00. The normalized spacial score (nSPS) is 12.9. The van der Waals surface area contributed by atoms with E-state index in [1.807, 2.05) is 13.8 Å². The van der Waals surface area contributed by atoms with Crippen molar-refractivity contribution in [1.82, 2.24) is 10.7 Å². The number of hydrogen-bond acceptors (Lipinski definition) is 4. The molecule has 19 heavy (non-hydrogen) atoms. The van der Waals surface area contributed by atoms with Crippen LogP contribution < -0.4 is 10.7 Å². The summed E-state index contributed by atoms with van der Waals surface area (Å²) in [4.78, 5) is 23.1. The van der Waals surface area contributed by atoms with E-state index < -0.39 is 5.91 Å². The maximum absolute atomic E-state index is 11.6. The van der Waals surface area contributed by atoms with Crippen LogP contribution in [0.2, 0.25) is 0 Å². The van der Waals surface area contributed by atoms with Crippen molar-refractivity contribution >= 4 is 17.5 Å². The Balaban J connectivity index is 2.40. The van der Waals surface area contributed by atoms with Gasteiger partial charge in [0.1, 0.15) is 0 Å². The summed E-state index contributed by atoms with van der Waals surface area (Å²) >= 11 is 0. The quantitative estimate of drug-likeness (QED) is 0.606. The molecule has 2 amide bonds. The van der Waals surface area contributed by atoms with Crippen molar-refractivity contribution < 1.29 is 14.0 Å². The first-order chi connectivity index (χ1) is 9.02. The molecule has 0 aliphatic heterocycles. The smallest absolute Gasteiger partial charge is 0.307 e. The van der Waals surface area contributed by atoms with Gasteiger partial charge in [-0.25, -0.2) is 5.43 Å². The van der Waals surface area contributed by atoms with Crippen LogP contribution in [-0.4, -0.2) is 23.6 Å². The van der Waals surface area contributed by atoms with Crippen molar-refractivity contribution in [2.45, 2.75) is 39.7 Å². The zero-order chi connectivity index (χ0) is 14.3. The fourth-order valence-corrected chi connectivity index (χ4v) is 1.31. The van der Waals surface area contributed by atoms with E-state index in [9.17, 15) is 9.59 Å². The molecule has 0 aliphatic rings. The Morgan fingerprint density at radius 1 is 1.47 bits per heavy atom. The lowest BCUT2D eigenvalue weighted by Gasteiger charge is -2.10. The molecule has 6 nitrogen and oxygen atoms in total. The van der Waals surface area contributed by atoms with E-state index in [0.717, 1.165) is 6.42 Å². The monoisotopic (exact) mass is 265 g/mol. The molecule has 0 aliphatic carbocycles. The standard InChI is InChI=1S/C13H19N3O3/c1-4-9(2)14-12(17)8-10(3)15-16-13(18)11-6-5-7-19-11/h5-7,9H,4,8H2,1-3H3,(H,14,17)(H,16,18)/b15-10-/t9-/m0/s1. The summed E-state index contributed by atoms with van der Waals surface area (Å²) in [5, 5.41) is 6.67. The molecule has 1 heterocycles. The van der Waals surface area contributed by atoms with Gasteiger partial charge in [-0.2, -0.15) is 5.10 Å². The summed E-state index contributed by atoms with van der Waals surface area (Å²) in [5.74, 6) is -0.366. The van der Waals surface area contributed by atoms with Gasteiger partial charge in [0.25, 0.3) is 0 Å². The molecule has 104 valence electrons. The molecule has 6 heteroatoms. The number of rotatable bonds is 6. The van der Waals surface area contributed by atoms with Gasteiger partial charge in [-0.3, -0.25) is 9.59 Å². The van der Waals surface area contributed by atoms with Crippen LogP contribution in [0.15, 0.2) is 27.9 Å². The van der Waals surface area contributed by atoms with E-state index in [2.05, 4.69) is 15.8 Å². The highest BCUT2D eigenvalue weighted by Gasteiger charge is 2.09. The van der Waals surface area contributed by atoms with E-state index in [1.54, 1.807) is 13.0 Å². The zero-order valence-electron chi connectivity index (χ0n) is 11.4. The largest absolute Gasteiger partial charge is 0.459 e. The van der Waals surface area contributed by atoms with E-state index >= 15 is 0 Å². The maximum Gasteiger partial charge on any atom is 0.307 e. The maximum atomic E-state index is 11.6. The first-order valence-electron chi connectivity index (χ1n) is 6.19. The zero-order valence-corrected chi connectivity index (χ0v) is 11.4. The summed E-state index contributed by atoms with van der Waals surface area (Å²) in [6.45, 7) is 5.61. The Labute approximate surface area is 112 Å². The van der Waals surface area contributed by atoms with Gasteiger partial charge >= 0.3 is 5.91 Å². The molecule has 1 atom stereocenters. The second kappa shape index (κ2) is 7.35. The lowest BCUT2D eigenvalue weighted by Crippen LogP contribution is -2.33. The van der Waals surface area contributed by atoms with Crippen LogP contribution >= 0.6 is 0 Å². The number of nitrogens with zero attached hydrogens (tertiary/aromatic N) is 1. The number of hydrazone groups is 1. The van der Waals surface area contributed by atoms with Gasteiger partial charge in [-0.05, 0) is 32.4 Å². The van der Waals surface area contributed by atoms with E-state index in [4.69, 9.17) is 4.42 Å². The van der Waals surface area contributed by atoms with Gasteiger partial charge in [0.05, 0.1) is 12.7 Å². The van der Waals surface area contributed by atoms with E-state index in [1.165, 1.54) is 12.3 Å². The van der Waals surface area contributed by atoms with Crippen molar-refractivity contribution in [2.24, 2.45) is 5.10 Å². The Morgan fingerprint density at radius 2 is 2.21 bits per heavy atom. The predicted molar refractivity (Wildman–Crippen MR) is 71.8 cm³/mol. The summed E-state index contributed by atoms with van der Waals surface area (Å²) in [6, 6.07) is 3.29. The van der Waals surface area contributed by atoms with E-state index in [-0.39, 0.29) is 24.1 Å². The molecule has 0 radical (unpaired) electrons. The number of furan rings is 1. The topological polar surface area (TPSA) is 83.7 Å². The second-order valence-electron chi connectivity index (χ2n) is 4.32. The molecule has 0 unspecified atom stereocenters. The lowest BCUT2D eigenvalue weighted by molar-refractivity contribution is -0.120. The molecule has 1 aromatic rings. The average Bonchev–Trinajstić information content (AvgIpc) is 2.89. The highest BCUT2D eigenvalue weighted by atomic mass is 16.3. The molecule has 0 bridgehead atoms. The van der Waals surface area contributed by atoms with Crippen LogP contribution in [0.4, 0.5) is 0 Å². The Kier molecular flexibility index (Phi) is 5.78. The molecule has 0 saturated carbocycles. The number of amides is 2. The number of carbonyl (C=O) groups excluding carboxylic acids is 2. The van der Waals surface area contributed by atoms with Crippen molar-refractivity contribution in [1.29, 1.82) is 0 Å². The van der Waals surface area contributed by atoms with Crippen LogP contribution in [0.3, 0.4) is 0 Å². The van der Waals surface area contributed by atoms with Crippen LogP contribution in [-0.2, 0) is 4.79 Å². The summed E-state index contributed by atoms with van der Waals surface area (Å²) in [7, 11) is 0. The van der Waals surface area contributed by atoms with Gasteiger partial charge in [0.15, 0.2) is 5.76 Å². The summed E-state index contributed by atoms with van der Waals surface area (Å²) in [5.41, 5.74) is 2.86. The Bertz CT molecular complexity index is 452. The number of hydrogen-bond donors (Lipinski definition) is 2. The van der Waals surface area contributed by atoms with Crippen LogP contribution in [0.5, 0.6) is 0 Å². The fraction of sp³-hybridized carbons (Fsp3) is 0.462. The number of nitrogens with one attached hydrogen (secondary N) is 2. The predicted octanol–water partition coefficient (Wildman–Crippen LogP) is 1.69. The van der Waals surface area contributed by atoms with Crippen LogP contribution in [0.25, 0.3) is 0 Å². The van der Waals surface area contributed by atoms with Gasteiger partial charge < -0.3 is 9.73 Å². The summed E-state index contributed by atoms with van der Waals surface area (Å²) in [6.07, 6.45) is 2.44. The molecule has 0 spiro atoms. The third kappa shape index (κ3) is 5.37. The lowest BCUT2D eigenvalue weighted by atomic mass is 10.2. The fourth-order valence-electron chi connectivity index (χ4n) is 1.31. The second-order valence-corrected chi connectivity index (χ2v) is 4.32. The Morgan fingerprint density at radius 3 is 2.79 bits per heavy atom. The first kappa shape index (κ1) is 14.9. The minimum atomic E-state index is -0.438. The minimum Gasteiger partial charge on any atom is -0.459 e. The molecule has 2 N–H and O–H groups in total. The van der Waals surface area contributed by atoms with Crippen molar-refractivity contribution in [3.63, 3.8) is 0 Å². The van der Waals surface area contributed by atoms with Crippen LogP contribution in [0.1, 0.15) is 44.2 Å². The van der Waals surface area contributed by atoms with Crippen molar-refractivity contribution in [3.8, 4) is 0 Å². The first-order valence-corrected chi connectivity index (χ1v) is 6.19. The average molecular weight is 265 g/mol. The third-order valence-electron chi connectivity index (χ3n) is 2.53. The van der Waals surface area contributed by atoms with Gasteiger partial charge in [0, 0.05) is 11.8 Å². The minimum absolute atomic E-state index is 0.108. The molecular weight excluding hydrogens is 246 g/mol. The van der Waals surface area contributed by atoms with Gasteiger partial charge in [-0.1, -0.05) is 6.92 Å². The molecule has 0 saturated heterocycles. The number of carbonyl (C=O) groups is 2. The highest BCUT2D eigenvalue weighted by Crippen LogP contribution is 1.99. The van der Waals surface area contributed by atoms with Crippen molar-refractivity contribution in [3.05, 3.63) is 24.2 Å². The molecule has 0 fully saturated rings. The van der Waals surface area contributed by atoms with Gasteiger partial charge in [0.2, 0.25) is 5.91 Å². The van der Waals surface area contributed by atoms with Gasteiger partial charge in [-0.15, -0.1) is 0 Å². The van der Waals surface area contributed by atoms with E-state index in [0.29, 0.717) is 5.71 Å². The van der Waals surface area contributed by atoms with Crippen LogP contribution in [0, 0.1) is 0 Å². The summed E-state index contributed by atoms with van der Waals surface area (Å²) < 4.78 is 4.92.